The van der Waals surface area contributed by atoms with Crippen LogP contribution in [0.5, 0.6) is 0 Å². The highest BCUT2D eigenvalue weighted by Crippen LogP contribution is 2.26. The van der Waals surface area contributed by atoms with Crippen LogP contribution in [0.15, 0.2) is 18.2 Å². The van der Waals surface area contributed by atoms with Gasteiger partial charge in [0.25, 0.3) is 0 Å². The number of nitrogens with two attached hydrogens (primary N) is 1. The van der Waals surface area contributed by atoms with Crippen LogP contribution in [0.4, 0.5) is 15.8 Å². The Labute approximate surface area is 118 Å². The fourth-order valence-corrected chi connectivity index (χ4v) is 2.33. The maximum absolute atomic E-state index is 13.4. The standard InChI is InChI=1S/C14H20FN3O2/c1-11(19)20-10-9-17-5-7-18(8-6-17)13-4-2-3-12(15)14(13)16/h2-4H,5-10,16H2,1H3. The van der Waals surface area contributed by atoms with Crippen molar-refractivity contribution in [3.8, 4) is 0 Å². The fraction of sp³-hybridized carbons (Fsp3) is 0.500. The molecule has 1 aromatic rings. The van der Waals surface area contributed by atoms with E-state index >= 15 is 0 Å². The highest BCUT2D eigenvalue weighted by atomic mass is 19.1. The first-order valence-corrected chi connectivity index (χ1v) is 6.72. The Morgan fingerprint density at radius 3 is 2.70 bits per heavy atom. The van der Waals surface area contributed by atoms with Gasteiger partial charge in [0.15, 0.2) is 0 Å². The first-order chi connectivity index (χ1) is 9.58. The van der Waals surface area contributed by atoms with Gasteiger partial charge in [0, 0.05) is 39.6 Å². The minimum atomic E-state index is -0.375. The average Bonchev–Trinajstić information content (AvgIpc) is 2.42. The summed E-state index contributed by atoms with van der Waals surface area (Å²) in [6, 6.07) is 4.88. The quantitative estimate of drug-likeness (QED) is 0.661. The number of carbonyl (C=O) groups excluding carboxylic acids is 1. The van der Waals surface area contributed by atoms with Crippen LogP contribution in [0.25, 0.3) is 0 Å². The van der Waals surface area contributed by atoms with Crippen LogP contribution in [0.2, 0.25) is 0 Å². The first kappa shape index (κ1) is 14.6. The number of benzene rings is 1. The van der Waals surface area contributed by atoms with E-state index < -0.39 is 0 Å². The van der Waals surface area contributed by atoms with Crippen molar-refractivity contribution in [2.75, 3.05) is 50.0 Å². The van der Waals surface area contributed by atoms with E-state index in [1.54, 1.807) is 6.07 Å². The lowest BCUT2D eigenvalue weighted by molar-refractivity contribution is -0.141. The second-order valence-corrected chi connectivity index (χ2v) is 4.84. The average molecular weight is 281 g/mol. The third kappa shape index (κ3) is 3.60. The Hall–Kier alpha value is -1.82. The van der Waals surface area contributed by atoms with Crippen molar-refractivity contribution >= 4 is 17.3 Å². The number of nitrogens with zero attached hydrogens (tertiary/aromatic N) is 2. The zero-order valence-electron chi connectivity index (χ0n) is 11.6. The number of para-hydroxylation sites is 1. The van der Waals surface area contributed by atoms with Gasteiger partial charge in [-0.15, -0.1) is 0 Å². The maximum Gasteiger partial charge on any atom is 0.302 e. The van der Waals surface area contributed by atoms with Crippen LogP contribution in [0, 0.1) is 5.82 Å². The van der Waals surface area contributed by atoms with Crippen LogP contribution in [-0.2, 0) is 9.53 Å². The Balaban J connectivity index is 1.85. The predicted molar refractivity (Wildman–Crippen MR) is 76.1 cm³/mol. The van der Waals surface area contributed by atoms with E-state index in [0.29, 0.717) is 6.61 Å². The van der Waals surface area contributed by atoms with Gasteiger partial charge < -0.3 is 15.4 Å². The lowest BCUT2D eigenvalue weighted by Crippen LogP contribution is -2.47. The summed E-state index contributed by atoms with van der Waals surface area (Å²) in [6.45, 7) is 5.81. The molecule has 0 spiro atoms. The van der Waals surface area contributed by atoms with E-state index in [9.17, 15) is 9.18 Å². The molecule has 2 rings (SSSR count). The summed E-state index contributed by atoms with van der Waals surface area (Å²) in [7, 11) is 0. The molecule has 0 unspecified atom stereocenters. The summed E-state index contributed by atoms with van der Waals surface area (Å²) >= 11 is 0. The van der Waals surface area contributed by atoms with Crippen molar-refractivity contribution in [2.45, 2.75) is 6.92 Å². The second-order valence-electron chi connectivity index (χ2n) is 4.84. The zero-order chi connectivity index (χ0) is 14.5. The highest BCUT2D eigenvalue weighted by molar-refractivity contribution is 5.68. The van der Waals surface area contributed by atoms with E-state index in [1.165, 1.54) is 13.0 Å². The largest absolute Gasteiger partial charge is 0.465 e. The normalized spacial score (nSPS) is 16.2. The molecule has 5 nitrogen and oxygen atoms in total. The number of esters is 1. The molecule has 0 aromatic heterocycles. The molecule has 0 bridgehead atoms. The minimum absolute atomic E-state index is 0.209. The Morgan fingerprint density at radius 1 is 1.35 bits per heavy atom. The van der Waals surface area contributed by atoms with Crippen molar-refractivity contribution in [3.05, 3.63) is 24.0 Å². The summed E-state index contributed by atoms with van der Waals surface area (Å²) in [5.74, 6) is -0.629. The molecule has 0 amide bonds. The summed E-state index contributed by atoms with van der Waals surface area (Å²) in [4.78, 5) is 15.0. The Bertz CT molecular complexity index is 473. The number of hydrogen-bond donors (Lipinski definition) is 1. The number of piperazine rings is 1. The number of ether oxygens (including phenoxy) is 1. The molecule has 110 valence electrons. The Morgan fingerprint density at radius 2 is 2.05 bits per heavy atom. The van der Waals surface area contributed by atoms with Gasteiger partial charge in [-0.3, -0.25) is 9.69 Å². The third-order valence-electron chi connectivity index (χ3n) is 3.46. The van der Waals surface area contributed by atoms with Crippen LogP contribution < -0.4 is 10.6 Å². The monoisotopic (exact) mass is 281 g/mol. The van der Waals surface area contributed by atoms with Crippen molar-refractivity contribution in [1.82, 2.24) is 4.90 Å². The summed E-state index contributed by atoms with van der Waals surface area (Å²) < 4.78 is 18.4. The molecule has 1 aromatic carbocycles. The molecule has 1 heterocycles. The maximum atomic E-state index is 13.4. The highest BCUT2D eigenvalue weighted by Gasteiger charge is 2.19. The molecule has 1 saturated heterocycles. The van der Waals surface area contributed by atoms with Crippen molar-refractivity contribution in [2.24, 2.45) is 0 Å². The number of hydrogen-bond acceptors (Lipinski definition) is 5. The van der Waals surface area contributed by atoms with Gasteiger partial charge in [-0.1, -0.05) is 6.07 Å². The fourth-order valence-electron chi connectivity index (χ4n) is 2.33. The molecule has 0 atom stereocenters. The van der Waals surface area contributed by atoms with E-state index in [4.69, 9.17) is 10.5 Å². The smallest absolute Gasteiger partial charge is 0.302 e. The van der Waals surface area contributed by atoms with Crippen molar-refractivity contribution in [1.29, 1.82) is 0 Å². The molecule has 1 aliphatic heterocycles. The van der Waals surface area contributed by atoms with Crippen LogP contribution in [0.1, 0.15) is 6.92 Å². The summed E-state index contributed by atoms with van der Waals surface area (Å²) in [5, 5.41) is 0. The number of rotatable bonds is 4. The third-order valence-corrected chi connectivity index (χ3v) is 3.46. The molecule has 0 radical (unpaired) electrons. The lowest BCUT2D eigenvalue weighted by Gasteiger charge is -2.36. The summed E-state index contributed by atoms with van der Waals surface area (Å²) in [6.07, 6.45) is 0. The minimum Gasteiger partial charge on any atom is -0.465 e. The molecular weight excluding hydrogens is 261 g/mol. The predicted octanol–water partition coefficient (Wildman–Crippen LogP) is 1.09. The molecule has 0 saturated carbocycles. The van der Waals surface area contributed by atoms with Gasteiger partial charge >= 0.3 is 5.97 Å². The first-order valence-electron chi connectivity index (χ1n) is 6.72. The van der Waals surface area contributed by atoms with Crippen molar-refractivity contribution < 1.29 is 13.9 Å². The van der Waals surface area contributed by atoms with Gasteiger partial charge in [-0.25, -0.2) is 4.39 Å². The number of nitrogen functional groups attached to an aromatic ring is 1. The van der Waals surface area contributed by atoms with Gasteiger partial charge in [0.1, 0.15) is 12.4 Å². The number of carbonyl (C=O) groups is 1. The number of halogens is 1. The Kier molecular flexibility index (Phi) is 4.79. The van der Waals surface area contributed by atoms with E-state index in [2.05, 4.69) is 9.80 Å². The summed E-state index contributed by atoms with van der Waals surface area (Å²) in [5.41, 5.74) is 6.74. The van der Waals surface area contributed by atoms with Crippen molar-refractivity contribution in [3.63, 3.8) is 0 Å². The molecule has 1 fully saturated rings. The van der Waals surface area contributed by atoms with Crippen LogP contribution in [-0.4, -0.2) is 50.2 Å². The van der Waals surface area contributed by atoms with E-state index in [0.717, 1.165) is 38.4 Å². The molecule has 20 heavy (non-hydrogen) atoms. The van der Waals surface area contributed by atoms with Gasteiger partial charge in [-0.2, -0.15) is 0 Å². The zero-order valence-corrected chi connectivity index (χ0v) is 11.6. The van der Waals surface area contributed by atoms with Gasteiger partial charge in [0.05, 0.1) is 11.4 Å². The van der Waals surface area contributed by atoms with Gasteiger partial charge in [-0.05, 0) is 12.1 Å². The lowest BCUT2D eigenvalue weighted by atomic mass is 10.2. The van der Waals surface area contributed by atoms with Crippen LogP contribution >= 0.6 is 0 Å². The van der Waals surface area contributed by atoms with E-state index in [1.807, 2.05) is 6.07 Å². The van der Waals surface area contributed by atoms with E-state index in [-0.39, 0.29) is 17.5 Å². The molecule has 1 aliphatic rings. The second kappa shape index (κ2) is 6.56. The SMILES string of the molecule is CC(=O)OCCN1CCN(c2cccc(F)c2N)CC1. The topological polar surface area (TPSA) is 58.8 Å². The molecule has 0 aliphatic carbocycles. The van der Waals surface area contributed by atoms with Gasteiger partial charge in [0.2, 0.25) is 0 Å². The molecular formula is C14H20FN3O2. The molecule has 2 N–H and O–H groups in total. The molecule has 6 heteroatoms. The van der Waals surface area contributed by atoms with Crippen LogP contribution in [0.3, 0.4) is 0 Å². The number of anilines is 2.